The molecule has 0 N–H and O–H groups in total. The van der Waals surface area contributed by atoms with E-state index < -0.39 is 5.97 Å². The number of aromatic nitrogens is 1. The molecule has 0 bridgehead atoms. The van der Waals surface area contributed by atoms with Crippen LogP contribution in [0.4, 0.5) is 0 Å². The second-order valence-corrected chi connectivity index (χ2v) is 5.65. The number of aromatic carboxylic acids is 1. The molecule has 0 radical (unpaired) electrons. The van der Waals surface area contributed by atoms with Crippen LogP contribution in [0.15, 0.2) is 53.0 Å². The third-order valence-electron chi connectivity index (χ3n) is 3.38. The molecule has 3 aromatic rings. The van der Waals surface area contributed by atoms with Gasteiger partial charge in [0.05, 0.1) is 24.3 Å². The van der Waals surface area contributed by atoms with Crippen LogP contribution in [0, 0.1) is 0 Å². The molecule has 0 aliphatic carbocycles. The van der Waals surface area contributed by atoms with Crippen LogP contribution in [0.1, 0.15) is 10.4 Å². The first-order chi connectivity index (χ1) is 10.6. The lowest BCUT2D eigenvalue weighted by molar-refractivity contribution is -0.254. The van der Waals surface area contributed by atoms with Crippen molar-refractivity contribution in [2.45, 2.75) is 0 Å². The van der Waals surface area contributed by atoms with Gasteiger partial charge >= 0.3 is 0 Å². The second kappa shape index (κ2) is 5.77. The minimum Gasteiger partial charge on any atom is -0.545 e. The standard InChI is InChI=1S/C17H12BrNO3/c1-22-12-5-2-10(3-6-12)16-9-14(17(20)21)13-8-11(18)4-7-15(13)19-16/h2-9H,1H3,(H,20,21)/p-1. The molecule has 110 valence electrons. The number of hydrogen-bond acceptors (Lipinski definition) is 4. The van der Waals surface area contributed by atoms with E-state index in [0.29, 0.717) is 16.6 Å². The van der Waals surface area contributed by atoms with Gasteiger partial charge in [0.2, 0.25) is 0 Å². The van der Waals surface area contributed by atoms with E-state index in [1.807, 2.05) is 30.3 Å². The van der Waals surface area contributed by atoms with Gasteiger partial charge in [-0.1, -0.05) is 15.9 Å². The summed E-state index contributed by atoms with van der Waals surface area (Å²) in [4.78, 5) is 16.0. The number of hydrogen-bond donors (Lipinski definition) is 0. The molecular weight excluding hydrogens is 346 g/mol. The second-order valence-electron chi connectivity index (χ2n) is 4.73. The Labute approximate surface area is 135 Å². The van der Waals surface area contributed by atoms with Crippen molar-refractivity contribution in [3.63, 3.8) is 0 Å². The molecule has 22 heavy (non-hydrogen) atoms. The Morgan fingerprint density at radius 3 is 2.50 bits per heavy atom. The molecule has 2 aromatic carbocycles. The number of halogens is 1. The summed E-state index contributed by atoms with van der Waals surface area (Å²) in [5.41, 5.74) is 2.12. The van der Waals surface area contributed by atoms with Gasteiger partial charge in [-0.05, 0) is 48.5 Å². The van der Waals surface area contributed by atoms with Crippen LogP contribution in [0.3, 0.4) is 0 Å². The summed E-state index contributed by atoms with van der Waals surface area (Å²) in [6, 6.07) is 14.2. The molecule has 0 aliphatic heterocycles. The largest absolute Gasteiger partial charge is 0.545 e. The Morgan fingerprint density at radius 1 is 1.14 bits per heavy atom. The van der Waals surface area contributed by atoms with Gasteiger partial charge in [0, 0.05) is 21.0 Å². The van der Waals surface area contributed by atoms with Gasteiger partial charge in [0.1, 0.15) is 5.75 Å². The quantitative estimate of drug-likeness (QED) is 0.723. The number of fused-ring (bicyclic) bond motifs is 1. The Balaban J connectivity index is 2.21. The van der Waals surface area contributed by atoms with Crippen molar-refractivity contribution in [3.8, 4) is 17.0 Å². The number of carboxylic acid groups (broad SMARTS) is 1. The molecule has 1 aromatic heterocycles. The van der Waals surface area contributed by atoms with Crippen molar-refractivity contribution in [2.24, 2.45) is 0 Å². The van der Waals surface area contributed by atoms with Gasteiger partial charge in [0.15, 0.2) is 0 Å². The molecule has 0 saturated carbocycles. The first-order valence-electron chi connectivity index (χ1n) is 6.54. The van der Waals surface area contributed by atoms with E-state index in [4.69, 9.17) is 4.74 Å². The summed E-state index contributed by atoms with van der Waals surface area (Å²) in [5.74, 6) is -0.492. The maximum Gasteiger partial charge on any atom is 0.118 e. The molecule has 4 nitrogen and oxygen atoms in total. The van der Waals surface area contributed by atoms with E-state index in [9.17, 15) is 9.90 Å². The molecule has 5 heteroatoms. The highest BCUT2D eigenvalue weighted by Crippen LogP contribution is 2.27. The van der Waals surface area contributed by atoms with Crippen molar-refractivity contribution >= 4 is 32.8 Å². The first kappa shape index (κ1) is 14.5. The van der Waals surface area contributed by atoms with Crippen molar-refractivity contribution in [1.29, 1.82) is 0 Å². The maximum atomic E-state index is 11.4. The van der Waals surface area contributed by atoms with Crippen LogP contribution in [-0.4, -0.2) is 18.1 Å². The zero-order valence-corrected chi connectivity index (χ0v) is 13.3. The van der Waals surface area contributed by atoms with Gasteiger partial charge in [0.25, 0.3) is 0 Å². The predicted molar refractivity (Wildman–Crippen MR) is 85.8 cm³/mol. The molecular formula is C17H11BrNO3-. The Hall–Kier alpha value is -2.40. The summed E-state index contributed by atoms with van der Waals surface area (Å²) < 4.78 is 5.91. The number of ether oxygens (including phenoxy) is 1. The molecule has 0 spiro atoms. The van der Waals surface area contributed by atoms with Crippen molar-refractivity contribution in [1.82, 2.24) is 4.98 Å². The lowest BCUT2D eigenvalue weighted by atomic mass is 10.0. The normalized spacial score (nSPS) is 10.6. The third-order valence-corrected chi connectivity index (χ3v) is 3.87. The predicted octanol–water partition coefficient (Wildman–Crippen LogP) is 3.04. The summed E-state index contributed by atoms with van der Waals surface area (Å²) in [7, 11) is 1.59. The van der Waals surface area contributed by atoms with Crippen molar-refractivity contribution < 1.29 is 14.6 Å². The fourth-order valence-electron chi connectivity index (χ4n) is 2.28. The van der Waals surface area contributed by atoms with Crippen LogP contribution < -0.4 is 9.84 Å². The van der Waals surface area contributed by atoms with Crippen molar-refractivity contribution in [3.05, 3.63) is 58.6 Å². The SMILES string of the molecule is COc1ccc(-c2cc(C(=O)[O-])c3cc(Br)ccc3n2)cc1. The number of nitrogens with zero attached hydrogens (tertiary/aromatic N) is 1. The van der Waals surface area contributed by atoms with E-state index in [0.717, 1.165) is 15.8 Å². The number of carboxylic acids is 1. The fraction of sp³-hybridized carbons (Fsp3) is 0.0588. The summed E-state index contributed by atoms with van der Waals surface area (Å²) in [5, 5.41) is 12.0. The van der Waals surface area contributed by atoms with Crippen LogP contribution in [-0.2, 0) is 0 Å². The minimum absolute atomic E-state index is 0.122. The van der Waals surface area contributed by atoms with E-state index in [2.05, 4.69) is 20.9 Å². The highest BCUT2D eigenvalue weighted by Gasteiger charge is 2.09. The third kappa shape index (κ3) is 2.67. The smallest absolute Gasteiger partial charge is 0.118 e. The molecule has 0 saturated heterocycles. The van der Waals surface area contributed by atoms with Crippen molar-refractivity contribution in [2.75, 3.05) is 7.11 Å². The molecule has 0 atom stereocenters. The van der Waals surface area contributed by atoms with Gasteiger partial charge in [-0.25, -0.2) is 4.98 Å². The Kier molecular flexibility index (Phi) is 3.81. The zero-order valence-electron chi connectivity index (χ0n) is 11.7. The van der Waals surface area contributed by atoms with Gasteiger partial charge in [-0.2, -0.15) is 0 Å². The number of pyridine rings is 1. The van der Waals surface area contributed by atoms with Crippen LogP contribution in [0.2, 0.25) is 0 Å². The number of carbonyl (C=O) groups is 1. The number of rotatable bonds is 3. The first-order valence-corrected chi connectivity index (χ1v) is 7.34. The summed E-state index contributed by atoms with van der Waals surface area (Å²) in [6.45, 7) is 0. The molecule has 0 unspecified atom stereocenters. The van der Waals surface area contributed by atoms with Gasteiger partial charge in [-0.3, -0.25) is 0 Å². The highest BCUT2D eigenvalue weighted by molar-refractivity contribution is 9.10. The highest BCUT2D eigenvalue weighted by atomic mass is 79.9. The van der Waals surface area contributed by atoms with E-state index in [1.54, 1.807) is 19.2 Å². The fourth-order valence-corrected chi connectivity index (χ4v) is 2.64. The number of methoxy groups -OCH3 is 1. The van der Waals surface area contributed by atoms with Gasteiger partial charge < -0.3 is 14.6 Å². The number of carbonyl (C=O) groups excluding carboxylic acids is 1. The van der Waals surface area contributed by atoms with Crippen LogP contribution >= 0.6 is 15.9 Å². The minimum atomic E-state index is -1.22. The lowest BCUT2D eigenvalue weighted by Gasteiger charge is -2.11. The average Bonchev–Trinajstić information content (AvgIpc) is 2.53. The van der Waals surface area contributed by atoms with E-state index in [1.165, 1.54) is 6.07 Å². The van der Waals surface area contributed by atoms with Crippen LogP contribution in [0.25, 0.3) is 22.2 Å². The zero-order chi connectivity index (χ0) is 15.7. The Bertz CT molecular complexity index is 860. The molecule has 1 heterocycles. The maximum absolute atomic E-state index is 11.4. The van der Waals surface area contributed by atoms with E-state index >= 15 is 0 Å². The van der Waals surface area contributed by atoms with Crippen LogP contribution in [0.5, 0.6) is 5.75 Å². The summed E-state index contributed by atoms with van der Waals surface area (Å²) in [6.07, 6.45) is 0. The summed E-state index contributed by atoms with van der Waals surface area (Å²) >= 11 is 3.34. The molecule has 0 amide bonds. The van der Waals surface area contributed by atoms with Gasteiger partial charge in [-0.15, -0.1) is 0 Å². The average molecular weight is 357 g/mol. The topological polar surface area (TPSA) is 62.2 Å². The Morgan fingerprint density at radius 2 is 1.86 bits per heavy atom. The molecule has 0 aliphatic rings. The monoisotopic (exact) mass is 356 g/mol. The molecule has 0 fully saturated rings. The van der Waals surface area contributed by atoms with E-state index in [-0.39, 0.29) is 5.56 Å². The molecule has 3 rings (SSSR count). The number of benzene rings is 2. The lowest BCUT2D eigenvalue weighted by Crippen LogP contribution is -2.22.